The van der Waals surface area contributed by atoms with E-state index in [2.05, 4.69) is 26.5 Å². The number of nitrogens with zero attached hydrogens (tertiary/aromatic N) is 2. The molecule has 0 fully saturated rings. The Labute approximate surface area is 171 Å². The molecule has 144 valence electrons. The zero-order chi connectivity index (χ0) is 20.1. The molecule has 3 aromatic rings. The maximum Gasteiger partial charge on any atom is 0.325 e. The number of ether oxygens (including phenoxy) is 1. The lowest BCUT2D eigenvalue weighted by Crippen LogP contribution is -2.19. The van der Waals surface area contributed by atoms with Crippen LogP contribution >= 0.6 is 15.9 Å². The van der Waals surface area contributed by atoms with Crippen LogP contribution in [-0.4, -0.2) is 29.8 Å². The molecule has 0 saturated carbocycles. The van der Waals surface area contributed by atoms with Gasteiger partial charge in [0.05, 0.1) is 19.7 Å². The molecule has 1 aromatic heterocycles. The second-order valence-electron chi connectivity index (χ2n) is 6.27. The molecule has 3 rings (SSSR count). The molecule has 2 aromatic carbocycles. The van der Waals surface area contributed by atoms with Crippen LogP contribution in [0.2, 0.25) is 0 Å². The van der Waals surface area contributed by atoms with Crippen molar-refractivity contribution < 1.29 is 14.3 Å². The summed E-state index contributed by atoms with van der Waals surface area (Å²) >= 11 is 3.37. The van der Waals surface area contributed by atoms with E-state index in [0.717, 1.165) is 32.2 Å². The van der Waals surface area contributed by atoms with Gasteiger partial charge in [0.25, 0.3) is 0 Å². The largest absolute Gasteiger partial charge is 0.468 e. The lowest BCUT2D eigenvalue weighted by Gasteiger charge is -2.06. The van der Waals surface area contributed by atoms with Crippen molar-refractivity contribution in [2.45, 2.75) is 19.9 Å². The van der Waals surface area contributed by atoms with E-state index in [4.69, 9.17) is 4.74 Å². The fourth-order valence-electron chi connectivity index (χ4n) is 3.01. The highest BCUT2D eigenvalue weighted by atomic mass is 79.9. The number of amides is 1. The lowest BCUT2D eigenvalue weighted by atomic mass is 10.1. The lowest BCUT2D eigenvalue weighted by molar-refractivity contribution is -0.141. The van der Waals surface area contributed by atoms with Gasteiger partial charge in [-0.1, -0.05) is 46.3 Å². The van der Waals surface area contributed by atoms with Gasteiger partial charge in [0.1, 0.15) is 6.54 Å². The molecule has 0 aliphatic heterocycles. The van der Waals surface area contributed by atoms with Crippen LogP contribution in [-0.2, 0) is 27.3 Å². The molecule has 0 aliphatic carbocycles. The zero-order valence-corrected chi connectivity index (χ0v) is 17.2. The first-order valence-electron chi connectivity index (χ1n) is 8.70. The highest BCUT2D eigenvalue weighted by Gasteiger charge is 2.15. The monoisotopic (exact) mass is 441 g/mol. The summed E-state index contributed by atoms with van der Waals surface area (Å²) in [5, 5.41) is 5.07. The first kappa shape index (κ1) is 19.8. The van der Waals surface area contributed by atoms with Crippen molar-refractivity contribution in [3.05, 3.63) is 69.8 Å². The molecule has 0 bridgehead atoms. The average molecular weight is 442 g/mol. The van der Waals surface area contributed by atoms with E-state index < -0.39 is 0 Å². The molecule has 0 saturated heterocycles. The molecular formula is C21H20BrN3O3. The predicted molar refractivity (Wildman–Crippen MR) is 112 cm³/mol. The van der Waals surface area contributed by atoms with Crippen molar-refractivity contribution in [3.8, 4) is 0 Å². The van der Waals surface area contributed by atoms with Crippen LogP contribution in [0.5, 0.6) is 0 Å². The Balaban J connectivity index is 1.77. The number of aromatic nitrogens is 1. The Morgan fingerprint density at radius 1 is 1.18 bits per heavy atom. The highest BCUT2D eigenvalue weighted by Crippen LogP contribution is 2.24. The number of methoxy groups -OCH3 is 1. The first-order chi connectivity index (χ1) is 13.5. The van der Waals surface area contributed by atoms with Gasteiger partial charge in [0.2, 0.25) is 5.91 Å². The summed E-state index contributed by atoms with van der Waals surface area (Å²) in [4.78, 5) is 23.9. The maximum atomic E-state index is 12.1. The summed E-state index contributed by atoms with van der Waals surface area (Å²) in [5.41, 5.74) is 6.10. The van der Waals surface area contributed by atoms with Gasteiger partial charge in [-0.25, -0.2) is 5.43 Å². The third-order valence-corrected chi connectivity index (χ3v) is 4.98. The number of carbonyl (C=O) groups excluding carboxylic acids is 2. The van der Waals surface area contributed by atoms with Crippen molar-refractivity contribution in [2.75, 3.05) is 7.11 Å². The van der Waals surface area contributed by atoms with E-state index >= 15 is 0 Å². The molecule has 1 N–H and O–H groups in total. The SMILES string of the molecule is COC(=O)Cn1c(C)c(/C=N/NC(=O)Cc2ccc(Br)cc2)c2ccccc21. The van der Waals surface area contributed by atoms with Crippen molar-refractivity contribution in [2.24, 2.45) is 5.10 Å². The number of carbonyl (C=O) groups is 2. The third kappa shape index (κ3) is 4.48. The minimum absolute atomic E-state index is 0.118. The summed E-state index contributed by atoms with van der Waals surface area (Å²) in [6.45, 7) is 2.03. The van der Waals surface area contributed by atoms with E-state index in [1.54, 1.807) is 6.21 Å². The van der Waals surface area contributed by atoms with Crippen LogP contribution in [0.3, 0.4) is 0 Å². The summed E-state index contributed by atoms with van der Waals surface area (Å²) in [5.74, 6) is -0.523. The molecule has 0 unspecified atom stereocenters. The smallest absolute Gasteiger partial charge is 0.325 e. The van der Waals surface area contributed by atoms with Crippen LogP contribution in [0, 0.1) is 6.92 Å². The van der Waals surface area contributed by atoms with Crippen molar-refractivity contribution >= 4 is 44.9 Å². The van der Waals surface area contributed by atoms with Crippen molar-refractivity contribution in [3.63, 3.8) is 0 Å². The normalized spacial score (nSPS) is 11.1. The number of esters is 1. The molecule has 0 aliphatic rings. The fourth-order valence-corrected chi connectivity index (χ4v) is 3.28. The van der Waals surface area contributed by atoms with Gasteiger partial charge in [0.15, 0.2) is 0 Å². The average Bonchev–Trinajstić information content (AvgIpc) is 2.95. The molecule has 6 nitrogen and oxygen atoms in total. The number of para-hydroxylation sites is 1. The van der Waals surface area contributed by atoms with Crippen LogP contribution in [0.15, 0.2) is 58.1 Å². The molecule has 1 amide bonds. The van der Waals surface area contributed by atoms with Gasteiger partial charge in [-0.2, -0.15) is 5.10 Å². The zero-order valence-electron chi connectivity index (χ0n) is 15.6. The van der Waals surface area contributed by atoms with E-state index in [9.17, 15) is 9.59 Å². The number of benzene rings is 2. The van der Waals surface area contributed by atoms with Gasteiger partial charge >= 0.3 is 5.97 Å². The molecule has 28 heavy (non-hydrogen) atoms. The Morgan fingerprint density at radius 3 is 2.61 bits per heavy atom. The van der Waals surface area contributed by atoms with Gasteiger partial charge in [0, 0.05) is 26.6 Å². The van der Waals surface area contributed by atoms with Gasteiger partial charge in [-0.15, -0.1) is 0 Å². The van der Waals surface area contributed by atoms with Gasteiger partial charge in [-0.3, -0.25) is 9.59 Å². The predicted octanol–water partition coefficient (Wildman–Crippen LogP) is 3.58. The van der Waals surface area contributed by atoms with Gasteiger partial charge in [-0.05, 0) is 30.7 Å². The topological polar surface area (TPSA) is 72.7 Å². The van der Waals surface area contributed by atoms with E-state index in [1.807, 2.05) is 60.0 Å². The number of hydrogen-bond donors (Lipinski definition) is 1. The molecule has 0 radical (unpaired) electrons. The Bertz CT molecular complexity index is 1040. The molecule has 0 spiro atoms. The van der Waals surface area contributed by atoms with Crippen LogP contribution in [0.4, 0.5) is 0 Å². The first-order valence-corrected chi connectivity index (χ1v) is 9.50. The summed E-state index contributed by atoms with van der Waals surface area (Å²) in [6, 6.07) is 15.3. The number of hydrazone groups is 1. The minimum Gasteiger partial charge on any atom is -0.468 e. The van der Waals surface area contributed by atoms with Crippen LogP contribution in [0.25, 0.3) is 10.9 Å². The fraction of sp³-hybridized carbons (Fsp3) is 0.190. The number of halogens is 1. The number of hydrogen-bond acceptors (Lipinski definition) is 4. The molecule has 7 heteroatoms. The minimum atomic E-state index is -0.324. The van der Waals surface area contributed by atoms with Gasteiger partial charge < -0.3 is 9.30 Å². The number of nitrogens with one attached hydrogen (secondary N) is 1. The van der Waals surface area contributed by atoms with Crippen molar-refractivity contribution in [1.82, 2.24) is 9.99 Å². The number of fused-ring (bicyclic) bond motifs is 1. The van der Waals surface area contributed by atoms with Crippen molar-refractivity contribution in [1.29, 1.82) is 0 Å². The van der Waals surface area contributed by atoms with E-state index in [0.29, 0.717) is 0 Å². The Kier molecular flexibility index (Phi) is 6.26. The highest BCUT2D eigenvalue weighted by molar-refractivity contribution is 9.10. The third-order valence-electron chi connectivity index (χ3n) is 4.46. The summed E-state index contributed by atoms with van der Waals surface area (Å²) in [7, 11) is 1.37. The van der Waals surface area contributed by atoms with Crippen LogP contribution < -0.4 is 5.43 Å². The summed E-state index contributed by atoms with van der Waals surface area (Å²) < 4.78 is 7.64. The molecule has 1 heterocycles. The molecule has 0 atom stereocenters. The quantitative estimate of drug-likeness (QED) is 0.361. The second-order valence-corrected chi connectivity index (χ2v) is 7.19. The standard InChI is InChI=1S/C21H20BrN3O3/c1-14-18(12-23-24-20(26)11-15-7-9-16(22)10-8-15)17-5-3-4-6-19(17)25(14)13-21(27)28-2/h3-10,12H,11,13H2,1-2H3,(H,24,26)/b23-12+. The Morgan fingerprint density at radius 2 is 1.89 bits per heavy atom. The van der Waals surface area contributed by atoms with Crippen LogP contribution in [0.1, 0.15) is 16.8 Å². The van der Waals surface area contributed by atoms with E-state index in [1.165, 1.54) is 7.11 Å². The molecular weight excluding hydrogens is 422 g/mol. The van der Waals surface area contributed by atoms with E-state index in [-0.39, 0.29) is 24.8 Å². The maximum absolute atomic E-state index is 12.1. The number of rotatable bonds is 6. The second kappa shape index (κ2) is 8.84. The Hall–Kier alpha value is -2.93. The summed E-state index contributed by atoms with van der Waals surface area (Å²) in [6.07, 6.45) is 1.86.